The molecule has 200 valence electrons. The van der Waals surface area contributed by atoms with Crippen molar-refractivity contribution in [2.75, 3.05) is 27.3 Å². The molecule has 0 amide bonds. The molecule has 0 fully saturated rings. The quantitative estimate of drug-likeness (QED) is 0.0742. The summed E-state index contributed by atoms with van der Waals surface area (Å²) in [4.78, 5) is 2.19. The Kier molecular flexibility index (Phi) is 26.0. The highest BCUT2D eigenvalue weighted by molar-refractivity contribution is 4.92. The zero-order valence-corrected chi connectivity index (χ0v) is 23.6. The van der Waals surface area contributed by atoms with Gasteiger partial charge < -0.3 is 14.4 Å². The Bertz CT molecular complexity index is 484. The highest BCUT2D eigenvalue weighted by Crippen LogP contribution is 2.12. The fourth-order valence-electron chi connectivity index (χ4n) is 3.71. The second-order valence-corrected chi connectivity index (χ2v) is 9.77. The number of likely N-dealkylation sites (N-methyl/N-ethyl adjacent to an activating group) is 1. The lowest BCUT2D eigenvalue weighted by Crippen LogP contribution is -2.40. The lowest BCUT2D eigenvalue weighted by atomic mass is 10.1. The van der Waals surface area contributed by atoms with E-state index < -0.39 is 0 Å². The van der Waals surface area contributed by atoms with Crippen LogP contribution < -0.4 is 0 Å². The van der Waals surface area contributed by atoms with Gasteiger partial charge in [-0.05, 0) is 85.2 Å². The lowest BCUT2D eigenvalue weighted by molar-refractivity contribution is -0.172. The van der Waals surface area contributed by atoms with Gasteiger partial charge in [-0.25, -0.2) is 0 Å². The Morgan fingerprint density at radius 1 is 0.588 bits per heavy atom. The first-order valence-corrected chi connectivity index (χ1v) is 14.5. The van der Waals surface area contributed by atoms with Crippen LogP contribution in [0, 0.1) is 0 Å². The molecule has 0 spiro atoms. The molecule has 0 N–H and O–H groups in total. The molecule has 2 atom stereocenters. The molecule has 0 rings (SSSR count). The van der Waals surface area contributed by atoms with E-state index in [2.05, 4.69) is 76.2 Å². The van der Waals surface area contributed by atoms with E-state index in [9.17, 15) is 0 Å². The van der Waals surface area contributed by atoms with Crippen LogP contribution in [0.5, 0.6) is 0 Å². The summed E-state index contributed by atoms with van der Waals surface area (Å²) >= 11 is 0. The van der Waals surface area contributed by atoms with Gasteiger partial charge in [0.1, 0.15) is 0 Å². The predicted molar refractivity (Wildman–Crippen MR) is 151 cm³/mol. The van der Waals surface area contributed by atoms with Crippen LogP contribution in [0.3, 0.4) is 0 Å². The topological polar surface area (TPSA) is 21.7 Å². The number of unbranched alkanes of at least 4 members (excludes halogenated alkanes) is 11. The number of hydrogen-bond donors (Lipinski definition) is 0. The van der Waals surface area contributed by atoms with E-state index in [-0.39, 0.29) is 12.3 Å². The molecular formula is C31H59NO2. The van der Waals surface area contributed by atoms with Gasteiger partial charge in [0, 0.05) is 13.2 Å². The van der Waals surface area contributed by atoms with Crippen LogP contribution in [-0.2, 0) is 9.47 Å². The number of nitrogens with zero attached hydrogens (tertiary/aromatic N) is 1. The van der Waals surface area contributed by atoms with E-state index in [1.54, 1.807) is 0 Å². The first kappa shape index (κ1) is 33.1. The van der Waals surface area contributed by atoms with E-state index in [0.717, 1.165) is 45.3 Å². The fourth-order valence-corrected chi connectivity index (χ4v) is 3.71. The molecule has 0 saturated heterocycles. The molecule has 2 unspecified atom stereocenters. The van der Waals surface area contributed by atoms with Crippen molar-refractivity contribution < 1.29 is 9.47 Å². The molecule has 0 aliphatic carbocycles. The summed E-state index contributed by atoms with van der Waals surface area (Å²) in [5.41, 5.74) is 0. The molecule has 0 saturated carbocycles. The first-order valence-electron chi connectivity index (χ1n) is 14.5. The average molecular weight is 478 g/mol. The molecule has 0 radical (unpaired) electrons. The third-order valence-corrected chi connectivity index (χ3v) is 6.29. The molecule has 0 bridgehead atoms. The second-order valence-electron chi connectivity index (χ2n) is 9.77. The highest BCUT2D eigenvalue weighted by Gasteiger charge is 2.20. The molecule has 0 aromatic carbocycles. The Labute approximate surface area is 214 Å². The van der Waals surface area contributed by atoms with Crippen LogP contribution >= 0.6 is 0 Å². The summed E-state index contributed by atoms with van der Waals surface area (Å²) in [5, 5.41) is 0. The van der Waals surface area contributed by atoms with Crippen LogP contribution in [-0.4, -0.2) is 44.5 Å². The van der Waals surface area contributed by atoms with Crippen LogP contribution in [0.1, 0.15) is 124 Å². The van der Waals surface area contributed by atoms with Crippen molar-refractivity contribution in [2.24, 2.45) is 0 Å². The van der Waals surface area contributed by atoms with Crippen LogP contribution in [0.15, 0.2) is 36.5 Å². The van der Waals surface area contributed by atoms with Crippen molar-refractivity contribution in [1.29, 1.82) is 0 Å². The number of hydrogen-bond acceptors (Lipinski definition) is 3. The average Bonchev–Trinajstić information content (AvgIpc) is 2.83. The Morgan fingerprint density at radius 2 is 1.06 bits per heavy atom. The lowest BCUT2D eigenvalue weighted by Gasteiger charge is -2.29. The molecule has 3 nitrogen and oxygen atoms in total. The monoisotopic (exact) mass is 477 g/mol. The van der Waals surface area contributed by atoms with Crippen molar-refractivity contribution >= 4 is 0 Å². The van der Waals surface area contributed by atoms with E-state index >= 15 is 0 Å². The molecule has 34 heavy (non-hydrogen) atoms. The predicted octanol–water partition coefficient (Wildman–Crippen LogP) is 9.25. The van der Waals surface area contributed by atoms with E-state index in [1.807, 2.05) is 0 Å². The largest absolute Gasteiger partial charge is 0.351 e. The summed E-state index contributed by atoms with van der Waals surface area (Å²) in [6.45, 7) is 8.21. The smallest absolute Gasteiger partial charge is 0.172 e. The van der Waals surface area contributed by atoms with E-state index in [1.165, 1.54) is 70.6 Å². The molecule has 3 heteroatoms. The zero-order chi connectivity index (χ0) is 25.1. The summed E-state index contributed by atoms with van der Waals surface area (Å²) in [7, 11) is 4.20. The van der Waals surface area contributed by atoms with Gasteiger partial charge in [0.15, 0.2) is 6.29 Å². The van der Waals surface area contributed by atoms with Crippen molar-refractivity contribution in [3.8, 4) is 0 Å². The highest BCUT2D eigenvalue weighted by atomic mass is 16.7. The number of allylic oxidation sites excluding steroid dienone is 6. The van der Waals surface area contributed by atoms with Gasteiger partial charge >= 0.3 is 0 Å². The Morgan fingerprint density at radius 3 is 1.62 bits per heavy atom. The maximum absolute atomic E-state index is 6.14. The van der Waals surface area contributed by atoms with E-state index in [4.69, 9.17) is 9.47 Å². The summed E-state index contributed by atoms with van der Waals surface area (Å²) in [6.07, 6.45) is 33.6. The van der Waals surface area contributed by atoms with Gasteiger partial charge in [-0.2, -0.15) is 0 Å². The van der Waals surface area contributed by atoms with Gasteiger partial charge in [-0.1, -0.05) is 88.8 Å². The molecule has 0 aromatic rings. The van der Waals surface area contributed by atoms with Crippen LogP contribution in [0.25, 0.3) is 0 Å². The van der Waals surface area contributed by atoms with Crippen LogP contribution in [0.4, 0.5) is 0 Å². The standard InChI is InChI=1S/C31H59NO2/c1-6-8-10-12-14-15-16-17-18-19-20-21-22-23-25-27-29-34-31(30(3)32(4)5)33-28-26-24-13-11-9-7-2/h9,11,14-15,17-18,30-31H,6-8,10,12-13,16,19-29H2,1-5H3/b11-9-,15-14-,18-17-. The molecule has 0 aliphatic heterocycles. The van der Waals surface area contributed by atoms with Gasteiger partial charge in [0.25, 0.3) is 0 Å². The van der Waals surface area contributed by atoms with E-state index in [0.29, 0.717) is 0 Å². The molecule has 0 heterocycles. The third-order valence-electron chi connectivity index (χ3n) is 6.29. The van der Waals surface area contributed by atoms with Crippen molar-refractivity contribution in [3.05, 3.63) is 36.5 Å². The maximum atomic E-state index is 6.14. The summed E-state index contributed by atoms with van der Waals surface area (Å²) in [5.74, 6) is 0. The first-order chi connectivity index (χ1) is 16.6. The van der Waals surface area contributed by atoms with Crippen molar-refractivity contribution in [2.45, 2.75) is 136 Å². The third kappa shape index (κ3) is 22.9. The van der Waals surface area contributed by atoms with Gasteiger partial charge in [-0.3, -0.25) is 0 Å². The summed E-state index contributed by atoms with van der Waals surface area (Å²) < 4.78 is 12.2. The van der Waals surface area contributed by atoms with Crippen molar-refractivity contribution in [1.82, 2.24) is 4.90 Å². The van der Waals surface area contributed by atoms with Crippen LogP contribution in [0.2, 0.25) is 0 Å². The molecule has 0 aliphatic rings. The molecule has 0 aromatic heterocycles. The Hall–Kier alpha value is -0.900. The number of ether oxygens (including phenoxy) is 2. The normalized spacial score (nSPS) is 14.3. The van der Waals surface area contributed by atoms with Gasteiger partial charge in [0.05, 0.1) is 6.04 Å². The SMILES string of the molecule is CC/C=C\CCCCOC(OCCCCCCCC/C=C\C/C=C\CCCCC)C(C)N(C)C. The maximum Gasteiger partial charge on any atom is 0.172 e. The van der Waals surface area contributed by atoms with Gasteiger partial charge in [-0.15, -0.1) is 0 Å². The minimum absolute atomic E-state index is 0.126. The minimum Gasteiger partial charge on any atom is -0.351 e. The number of rotatable bonds is 25. The summed E-state index contributed by atoms with van der Waals surface area (Å²) in [6, 6.07) is 0.268. The second kappa shape index (κ2) is 26.7. The van der Waals surface area contributed by atoms with Gasteiger partial charge in [0.2, 0.25) is 0 Å². The zero-order valence-electron chi connectivity index (χ0n) is 23.6. The Balaban J connectivity index is 3.70. The molecular weight excluding hydrogens is 418 g/mol. The fraction of sp³-hybridized carbons (Fsp3) is 0.806. The van der Waals surface area contributed by atoms with Crippen molar-refractivity contribution in [3.63, 3.8) is 0 Å². The minimum atomic E-state index is -0.126.